The molecule has 130 valence electrons. The molecule has 1 saturated heterocycles. The van der Waals surface area contributed by atoms with E-state index in [-0.39, 0.29) is 17.4 Å². The Hall–Kier alpha value is -1.49. The first-order valence-corrected chi connectivity index (χ1v) is 10.3. The van der Waals surface area contributed by atoms with E-state index in [1.165, 1.54) is 12.1 Å². The maximum atomic E-state index is 12.3. The lowest BCUT2D eigenvalue weighted by molar-refractivity contribution is -0.0176. The van der Waals surface area contributed by atoms with E-state index in [1.54, 1.807) is 0 Å². The van der Waals surface area contributed by atoms with Crippen molar-refractivity contribution in [2.75, 3.05) is 0 Å². The van der Waals surface area contributed by atoms with Crippen molar-refractivity contribution in [2.24, 2.45) is 11.8 Å². The quantitative estimate of drug-likeness (QED) is 0.463. The number of rotatable bonds is 3. The summed E-state index contributed by atoms with van der Waals surface area (Å²) in [6.07, 6.45) is -0.276. The van der Waals surface area contributed by atoms with Gasteiger partial charge in [0.05, 0.1) is 15.7 Å². The van der Waals surface area contributed by atoms with E-state index in [0.29, 0.717) is 12.8 Å². The normalized spacial score (nSPS) is 36.0. The molecule has 1 aromatic rings. The number of hydrogen-bond acceptors (Lipinski definition) is 7. The lowest BCUT2D eigenvalue weighted by Gasteiger charge is -2.24. The van der Waals surface area contributed by atoms with Gasteiger partial charge >= 0.3 is 5.97 Å². The van der Waals surface area contributed by atoms with Crippen LogP contribution < -0.4 is 0 Å². The Morgan fingerprint density at radius 3 is 2.75 bits per heavy atom. The van der Waals surface area contributed by atoms with Crippen molar-refractivity contribution in [1.82, 2.24) is 0 Å². The summed E-state index contributed by atoms with van der Waals surface area (Å²) in [4.78, 5) is 11.9. The van der Waals surface area contributed by atoms with Crippen LogP contribution in [-0.2, 0) is 29.2 Å². The van der Waals surface area contributed by atoms with Crippen LogP contribution >= 0.6 is 0 Å². The van der Waals surface area contributed by atoms with E-state index < -0.39 is 48.6 Å². The van der Waals surface area contributed by atoms with Gasteiger partial charge in [-0.3, -0.25) is 8.74 Å². The fourth-order valence-corrected chi connectivity index (χ4v) is 6.43. The van der Waals surface area contributed by atoms with Crippen molar-refractivity contribution in [1.29, 1.82) is 0 Å². The predicted molar refractivity (Wildman–Crippen MR) is 79.3 cm³/mol. The van der Waals surface area contributed by atoms with Crippen molar-refractivity contribution in [3.63, 3.8) is 0 Å². The third-order valence-corrected chi connectivity index (χ3v) is 7.65. The van der Waals surface area contributed by atoms with Gasteiger partial charge in [0.15, 0.2) is 0 Å². The molecular weight excluding hydrogens is 360 g/mol. The second-order valence-corrected chi connectivity index (χ2v) is 9.57. The van der Waals surface area contributed by atoms with Crippen LogP contribution in [0.2, 0.25) is 0 Å². The Morgan fingerprint density at radius 2 is 2.04 bits per heavy atom. The topological polar surface area (TPSA) is 124 Å². The van der Waals surface area contributed by atoms with Crippen LogP contribution in [0.15, 0.2) is 29.2 Å². The van der Waals surface area contributed by atoms with E-state index in [4.69, 9.17) is 13.5 Å². The van der Waals surface area contributed by atoms with Gasteiger partial charge in [0.25, 0.3) is 20.2 Å². The van der Waals surface area contributed by atoms with Crippen molar-refractivity contribution < 1.29 is 35.1 Å². The Balaban J connectivity index is 1.56. The van der Waals surface area contributed by atoms with E-state index in [0.717, 1.165) is 12.1 Å². The lowest BCUT2D eigenvalue weighted by Crippen LogP contribution is -2.37. The van der Waals surface area contributed by atoms with E-state index in [1.807, 2.05) is 0 Å². The van der Waals surface area contributed by atoms with Gasteiger partial charge in [-0.05, 0) is 31.0 Å². The first-order valence-electron chi connectivity index (χ1n) is 7.37. The molecule has 4 rings (SSSR count). The molecular formula is C14H14O8S2. The van der Waals surface area contributed by atoms with Crippen LogP contribution in [-0.4, -0.2) is 44.8 Å². The molecule has 0 spiro atoms. The van der Waals surface area contributed by atoms with Crippen LogP contribution in [0, 0.1) is 11.8 Å². The smallest absolute Gasteiger partial charge is 0.338 e. The summed E-state index contributed by atoms with van der Waals surface area (Å²) in [5.41, 5.74) is -0.0368. The monoisotopic (exact) mass is 374 g/mol. The molecule has 5 atom stereocenters. The van der Waals surface area contributed by atoms with Gasteiger partial charge in [0.1, 0.15) is 12.2 Å². The van der Waals surface area contributed by atoms with Gasteiger partial charge in [-0.25, -0.2) is 4.79 Å². The van der Waals surface area contributed by atoms with Crippen LogP contribution in [0.25, 0.3) is 0 Å². The minimum Gasteiger partial charge on any atom is -0.456 e. The first-order chi connectivity index (χ1) is 11.2. The van der Waals surface area contributed by atoms with Gasteiger partial charge in [0, 0.05) is 11.8 Å². The average Bonchev–Trinajstić information content (AvgIpc) is 3.10. The third-order valence-electron chi connectivity index (χ3n) is 5.02. The van der Waals surface area contributed by atoms with Crippen LogP contribution in [0.1, 0.15) is 23.2 Å². The zero-order chi connectivity index (χ0) is 17.3. The maximum Gasteiger partial charge on any atom is 0.338 e. The highest BCUT2D eigenvalue weighted by atomic mass is 32.2. The number of fused-ring (bicyclic) bond motifs is 1. The lowest BCUT2D eigenvalue weighted by atomic mass is 9.94. The number of benzene rings is 1. The second-order valence-electron chi connectivity index (χ2n) is 6.36. The summed E-state index contributed by atoms with van der Waals surface area (Å²) < 4.78 is 65.6. The molecule has 2 bridgehead atoms. The molecule has 24 heavy (non-hydrogen) atoms. The highest BCUT2D eigenvalue weighted by Gasteiger charge is 2.65. The SMILES string of the molecule is O=C(OC1C2CC3C1OS(=O)(=O)C3C2)c1cccc(S(=O)(=O)O)c1. The van der Waals surface area contributed by atoms with E-state index in [9.17, 15) is 21.6 Å². The average molecular weight is 374 g/mol. The van der Waals surface area contributed by atoms with Crippen molar-refractivity contribution >= 4 is 26.2 Å². The van der Waals surface area contributed by atoms with Crippen LogP contribution in [0.5, 0.6) is 0 Å². The molecule has 1 N–H and O–H groups in total. The molecule has 8 nitrogen and oxygen atoms in total. The van der Waals surface area contributed by atoms with E-state index >= 15 is 0 Å². The Bertz CT molecular complexity index is 920. The number of carbonyl (C=O) groups excluding carboxylic acids is 1. The summed E-state index contributed by atoms with van der Waals surface area (Å²) in [5.74, 6) is -1.000. The van der Waals surface area contributed by atoms with Gasteiger partial charge < -0.3 is 4.74 Å². The summed E-state index contributed by atoms with van der Waals surface area (Å²) >= 11 is 0. The highest BCUT2D eigenvalue weighted by molar-refractivity contribution is 7.87. The zero-order valence-corrected chi connectivity index (χ0v) is 13.9. The summed E-state index contributed by atoms with van der Waals surface area (Å²) in [6.45, 7) is 0. The minimum atomic E-state index is -4.43. The summed E-state index contributed by atoms with van der Waals surface area (Å²) in [6, 6.07) is 4.84. The molecule has 1 aromatic carbocycles. The van der Waals surface area contributed by atoms with Crippen molar-refractivity contribution in [3.05, 3.63) is 29.8 Å². The molecule has 0 radical (unpaired) electrons. The number of hydrogen-bond donors (Lipinski definition) is 1. The predicted octanol–water partition coefficient (Wildman–Crippen LogP) is 0.596. The fraction of sp³-hybridized carbons (Fsp3) is 0.500. The van der Waals surface area contributed by atoms with E-state index in [2.05, 4.69) is 0 Å². The second kappa shape index (κ2) is 5.01. The molecule has 0 aromatic heterocycles. The van der Waals surface area contributed by atoms with Crippen molar-refractivity contribution in [2.45, 2.75) is 35.2 Å². The van der Waals surface area contributed by atoms with Gasteiger partial charge in [-0.2, -0.15) is 16.8 Å². The summed E-state index contributed by atoms with van der Waals surface area (Å²) in [7, 11) is -8.02. The van der Waals surface area contributed by atoms with Crippen LogP contribution in [0.3, 0.4) is 0 Å². The molecule has 3 fully saturated rings. The molecule has 5 unspecified atom stereocenters. The number of ether oxygens (including phenoxy) is 1. The Kier molecular flexibility index (Phi) is 3.34. The largest absolute Gasteiger partial charge is 0.456 e. The number of esters is 1. The molecule has 2 saturated carbocycles. The fourth-order valence-electron chi connectivity index (χ4n) is 4.02. The molecule has 2 aliphatic carbocycles. The highest BCUT2D eigenvalue weighted by Crippen LogP contribution is 2.55. The third kappa shape index (κ3) is 2.36. The number of carbonyl (C=O) groups is 1. The Labute approximate surface area is 138 Å². The summed E-state index contributed by atoms with van der Waals surface area (Å²) in [5, 5.41) is -0.509. The zero-order valence-electron chi connectivity index (χ0n) is 12.2. The molecule has 1 heterocycles. The van der Waals surface area contributed by atoms with Crippen LogP contribution in [0.4, 0.5) is 0 Å². The molecule has 3 aliphatic rings. The standard InChI is InChI=1S/C14H14O8S2/c15-14(7-2-1-3-9(4-7)23(16,17)18)21-12-8-5-10-11(6-8)24(19,20)22-13(10)12/h1-4,8,10-13H,5-6H2,(H,16,17,18). The molecule has 1 aliphatic heterocycles. The molecule has 10 heteroatoms. The first kappa shape index (κ1) is 16.0. The maximum absolute atomic E-state index is 12.3. The minimum absolute atomic E-state index is 0.0368. The van der Waals surface area contributed by atoms with Gasteiger partial charge in [0.2, 0.25) is 0 Å². The van der Waals surface area contributed by atoms with Gasteiger partial charge in [-0.1, -0.05) is 6.07 Å². The Morgan fingerprint density at radius 1 is 1.29 bits per heavy atom. The van der Waals surface area contributed by atoms with Gasteiger partial charge in [-0.15, -0.1) is 0 Å². The molecule has 0 amide bonds. The van der Waals surface area contributed by atoms with Crippen molar-refractivity contribution in [3.8, 4) is 0 Å².